The van der Waals surface area contributed by atoms with Gasteiger partial charge in [0.25, 0.3) is 0 Å². The molecule has 1 rings (SSSR count). The average Bonchev–Trinajstić information content (AvgIpc) is 2.65. The van der Waals surface area contributed by atoms with E-state index in [2.05, 4.69) is 12.2 Å². The van der Waals surface area contributed by atoms with Crippen molar-refractivity contribution in [3.05, 3.63) is 0 Å². The Morgan fingerprint density at radius 3 is 2.64 bits per heavy atom. The molecule has 0 saturated heterocycles. The summed E-state index contributed by atoms with van der Waals surface area (Å²) in [5, 5.41) is 13.1. The molecular formula is C9H19NO. The van der Waals surface area contributed by atoms with E-state index in [-0.39, 0.29) is 0 Å². The molecule has 1 aliphatic rings. The maximum atomic E-state index is 9.73. The summed E-state index contributed by atoms with van der Waals surface area (Å²) < 4.78 is 0. The summed E-state index contributed by atoms with van der Waals surface area (Å²) in [4.78, 5) is 0. The number of hydrogen-bond acceptors (Lipinski definition) is 2. The highest BCUT2D eigenvalue weighted by atomic mass is 16.3. The van der Waals surface area contributed by atoms with Crippen molar-refractivity contribution in [1.29, 1.82) is 0 Å². The van der Waals surface area contributed by atoms with Gasteiger partial charge >= 0.3 is 0 Å². The molecule has 0 radical (unpaired) electrons. The van der Waals surface area contributed by atoms with Crippen molar-refractivity contribution < 1.29 is 5.11 Å². The summed E-state index contributed by atoms with van der Waals surface area (Å²) in [6.07, 6.45) is 4.54. The Bertz CT molecular complexity index is 119. The third-order valence-electron chi connectivity index (χ3n) is 2.14. The molecule has 0 amide bonds. The summed E-state index contributed by atoms with van der Waals surface area (Å²) in [6, 6.07) is 0.707. The summed E-state index contributed by atoms with van der Waals surface area (Å²) >= 11 is 0. The van der Waals surface area contributed by atoms with Crippen LogP contribution in [0, 0.1) is 0 Å². The standard InChI is InChI=1S/C9H19NO/c1-3-6-9(2,11)7-10-8-4-5-8/h8,10-11H,3-7H2,1-2H3. The molecule has 0 spiro atoms. The van der Waals surface area contributed by atoms with Crippen molar-refractivity contribution in [3.63, 3.8) is 0 Å². The first-order valence-corrected chi connectivity index (χ1v) is 4.60. The first-order valence-electron chi connectivity index (χ1n) is 4.60. The van der Waals surface area contributed by atoms with Crippen molar-refractivity contribution in [1.82, 2.24) is 5.32 Å². The minimum Gasteiger partial charge on any atom is -0.389 e. The minimum atomic E-state index is -0.489. The lowest BCUT2D eigenvalue weighted by atomic mass is 10.0. The van der Waals surface area contributed by atoms with Gasteiger partial charge in [0.2, 0.25) is 0 Å². The molecule has 0 bridgehead atoms. The van der Waals surface area contributed by atoms with E-state index in [0.717, 1.165) is 19.4 Å². The summed E-state index contributed by atoms with van der Waals surface area (Å²) in [6.45, 7) is 4.77. The molecule has 1 atom stereocenters. The van der Waals surface area contributed by atoms with Gasteiger partial charge in [0.1, 0.15) is 0 Å². The Balaban J connectivity index is 2.09. The second-order valence-electron chi connectivity index (χ2n) is 3.90. The van der Waals surface area contributed by atoms with Crippen LogP contribution in [0.25, 0.3) is 0 Å². The van der Waals surface area contributed by atoms with E-state index in [0.29, 0.717) is 6.04 Å². The fourth-order valence-corrected chi connectivity index (χ4v) is 1.28. The Morgan fingerprint density at radius 1 is 1.55 bits per heavy atom. The second-order valence-corrected chi connectivity index (χ2v) is 3.90. The van der Waals surface area contributed by atoms with Crippen LogP contribution in [-0.4, -0.2) is 23.3 Å². The van der Waals surface area contributed by atoms with E-state index < -0.39 is 5.60 Å². The van der Waals surface area contributed by atoms with Gasteiger partial charge in [-0.3, -0.25) is 0 Å². The van der Waals surface area contributed by atoms with Gasteiger partial charge in [0.05, 0.1) is 5.60 Å². The maximum Gasteiger partial charge on any atom is 0.0743 e. The minimum absolute atomic E-state index is 0.489. The van der Waals surface area contributed by atoms with Crippen LogP contribution in [0.5, 0.6) is 0 Å². The molecule has 0 aromatic rings. The highest BCUT2D eigenvalue weighted by Crippen LogP contribution is 2.20. The molecule has 2 nitrogen and oxygen atoms in total. The van der Waals surface area contributed by atoms with Gasteiger partial charge in [-0.15, -0.1) is 0 Å². The van der Waals surface area contributed by atoms with Crippen molar-refractivity contribution in [2.45, 2.75) is 51.2 Å². The largest absolute Gasteiger partial charge is 0.389 e. The Labute approximate surface area is 69.0 Å². The molecule has 0 heterocycles. The first-order chi connectivity index (χ1) is 5.14. The van der Waals surface area contributed by atoms with Crippen LogP contribution in [0.15, 0.2) is 0 Å². The highest BCUT2D eigenvalue weighted by molar-refractivity contribution is 4.85. The third kappa shape index (κ3) is 3.73. The Hall–Kier alpha value is -0.0800. The molecule has 0 aromatic carbocycles. The molecule has 1 unspecified atom stereocenters. The van der Waals surface area contributed by atoms with Gasteiger partial charge in [-0.2, -0.15) is 0 Å². The zero-order chi connectivity index (χ0) is 8.32. The summed E-state index contributed by atoms with van der Waals surface area (Å²) in [5.74, 6) is 0. The van der Waals surface area contributed by atoms with Gasteiger partial charge in [-0.1, -0.05) is 13.3 Å². The molecule has 0 aliphatic heterocycles. The lowest BCUT2D eigenvalue weighted by Crippen LogP contribution is -2.38. The van der Waals surface area contributed by atoms with Crippen molar-refractivity contribution in [3.8, 4) is 0 Å². The number of aliphatic hydroxyl groups is 1. The number of nitrogens with one attached hydrogen (secondary N) is 1. The van der Waals surface area contributed by atoms with Gasteiger partial charge in [-0.05, 0) is 26.2 Å². The monoisotopic (exact) mass is 157 g/mol. The summed E-state index contributed by atoms with van der Waals surface area (Å²) in [5.41, 5.74) is -0.489. The van der Waals surface area contributed by atoms with Crippen LogP contribution in [0.3, 0.4) is 0 Å². The van der Waals surface area contributed by atoms with E-state index >= 15 is 0 Å². The Morgan fingerprint density at radius 2 is 2.18 bits per heavy atom. The van der Waals surface area contributed by atoms with Crippen molar-refractivity contribution >= 4 is 0 Å². The number of hydrogen-bond donors (Lipinski definition) is 2. The molecule has 2 heteroatoms. The smallest absolute Gasteiger partial charge is 0.0743 e. The molecule has 0 aromatic heterocycles. The fraction of sp³-hybridized carbons (Fsp3) is 1.00. The topological polar surface area (TPSA) is 32.3 Å². The molecular weight excluding hydrogens is 138 g/mol. The first kappa shape index (κ1) is 9.01. The molecule has 2 N–H and O–H groups in total. The molecule has 11 heavy (non-hydrogen) atoms. The predicted molar refractivity (Wildman–Crippen MR) is 46.6 cm³/mol. The SMILES string of the molecule is CCCC(C)(O)CNC1CC1. The number of rotatable bonds is 5. The van der Waals surface area contributed by atoms with Crippen LogP contribution in [0.2, 0.25) is 0 Å². The van der Waals surface area contributed by atoms with E-state index in [1.165, 1.54) is 12.8 Å². The van der Waals surface area contributed by atoms with E-state index in [1.54, 1.807) is 0 Å². The summed E-state index contributed by atoms with van der Waals surface area (Å²) in [7, 11) is 0. The van der Waals surface area contributed by atoms with E-state index in [4.69, 9.17) is 0 Å². The molecule has 1 aliphatic carbocycles. The molecule has 1 saturated carbocycles. The molecule has 66 valence electrons. The quantitative estimate of drug-likeness (QED) is 0.630. The van der Waals surface area contributed by atoms with Crippen LogP contribution in [0.4, 0.5) is 0 Å². The average molecular weight is 157 g/mol. The third-order valence-corrected chi connectivity index (χ3v) is 2.14. The fourth-order valence-electron chi connectivity index (χ4n) is 1.28. The Kier molecular flexibility index (Phi) is 2.90. The van der Waals surface area contributed by atoms with Crippen molar-refractivity contribution in [2.75, 3.05) is 6.54 Å². The van der Waals surface area contributed by atoms with Gasteiger partial charge in [-0.25, -0.2) is 0 Å². The van der Waals surface area contributed by atoms with Crippen LogP contribution in [0.1, 0.15) is 39.5 Å². The highest BCUT2D eigenvalue weighted by Gasteiger charge is 2.25. The predicted octanol–water partition coefficient (Wildman–Crippen LogP) is 1.29. The normalized spacial score (nSPS) is 23.2. The van der Waals surface area contributed by atoms with Gasteiger partial charge in [0.15, 0.2) is 0 Å². The van der Waals surface area contributed by atoms with Gasteiger partial charge in [0, 0.05) is 12.6 Å². The zero-order valence-electron chi connectivity index (χ0n) is 7.56. The molecule has 1 fully saturated rings. The maximum absolute atomic E-state index is 9.73. The zero-order valence-corrected chi connectivity index (χ0v) is 7.56. The van der Waals surface area contributed by atoms with Gasteiger partial charge < -0.3 is 10.4 Å². The lowest BCUT2D eigenvalue weighted by molar-refractivity contribution is 0.0497. The second kappa shape index (κ2) is 3.55. The van der Waals surface area contributed by atoms with E-state index in [9.17, 15) is 5.11 Å². The van der Waals surface area contributed by atoms with Crippen LogP contribution >= 0.6 is 0 Å². The van der Waals surface area contributed by atoms with Crippen LogP contribution < -0.4 is 5.32 Å². The van der Waals surface area contributed by atoms with Crippen molar-refractivity contribution in [2.24, 2.45) is 0 Å². The lowest BCUT2D eigenvalue weighted by Gasteiger charge is -2.22. The van der Waals surface area contributed by atoms with E-state index in [1.807, 2.05) is 6.92 Å². The van der Waals surface area contributed by atoms with Crippen LogP contribution in [-0.2, 0) is 0 Å².